The third-order valence-electron chi connectivity index (χ3n) is 2.20. The Hall–Kier alpha value is -1.51. The van der Waals surface area contributed by atoms with Crippen LogP contribution in [-0.2, 0) is 4.84 Å². The summed E-state index contributed by atoms with van der Waals surface area (Å²) in [6.07, 6.45) is 0.792. The SMILES string of the molecule is S=C=NCC1CC(c2ccccc2)=NO1. The molecule has 1 atom stereocenters. The van der Waals surface area contributed by atoms with Crippen LogP contribution in [-0.4, -0.2) is 23.5 Å². The van der Waals surface area contributed by atoms with E-state index in [4.69, 9.17) is 4.84 Å². The third kappa shape index (κ3) is 2.49. The van der Waals surface area contributed by atoms with Gasteiger partial charge in [0.25, 0.3) is 0 Å². The van der Waals surface area contributed by atoms with E-state index in [-0.39, 0.29) is 6.10 Å². The number of hydrogen-bond donors (Lipinski definition) is 0. The Morgan fingerprint density at radius 2 is 2.27 bits per heavy atom. The Morgan fingerprint density at radius 1 is 1.47 bits per heavy atom. The number of nitrogens with zero attached hydrogens (tertiary/aromatic N) is 2. The lowest BCUT2D eigenvalue weighted by molar-refractivity contribution is 0.0924. The number of aliphatic imine (C=N–C) groups is 1. The topological polar surface area (TPSA) is 34.0 Å². The van der Waals surface area contributed by atoms with Crippen LogP contribution in [0.2, 0.25) is 0 Å². The largest absolute Gasteiger partial charge is 0.390 e. The summed E-state index contributed by atoms with van der Waals surface area (Å²) >= 11 is 4.50. The number of rotatable bonds is 3. The van der Waals surface area contributed by atoms with Crippen molar-refractivity contribution in [2.75, 3.05) is 6.54 Å². The molecule has 0 aromatic heterocycles. The maximum Gasteiger partial charge on any atom is 0.153 e. The summed E-state index contributed by atoms with van der Waals surface area (Å²) in [6.45, 7) is 0.531. The van der Waals surface area contributed by atoms with Crippen molar-refractivity contribution in [3.63, 3.8) is 0 Å². The van der Waals surface area contributed by atoms with E-state index in [0.717, 1.165) is 17.7 Å². The van der Waals surface area contributed by atoms with Crippen LogP contribution in [0.3, 0.4) is 0 Å². The summed E-state index contributed by atoms with van der Waals surface area (Å²) in [6, 6.07) is 9.99. The number of oxime groups is 1. The second-order valence-corrected chi connectivity index (χ2v) is 3.45. The first-order valence-electron chi connectivity index (χ1n) is 4.72. The summed E-state index contributed by atoms with van der Waals surface area (Å²) in [7, 11) is 0. The first-order chi connectivity index (χ1) is 7.40. The van der Waals surface area contributed by atoms with Gasteiger partial charge in [-0.3, -0.25) is 0 Å². The summed E-state index contributed by atoms with van der Waals surface area (Å²) in [5.41, 5.74) is 2.08. The van der Waals surface area contributed by atoms with E-state index >= 15 is 0 Å². The molecule has 0 amide bonds. The van der Waals surface area contributed by atoms with Crippen molar-refractivity contribution in [3.8, 4) is 0 Å². The molecule has 1 aliphatic heterocycles. The number of hydrogen-bond acceptors (Lipinski definition) is 4. The van der Waals surface area contributed by atoms with Gasteiger partial charge in [-0.2, -0.15) is 0 Å². The van der Waals surface area contributed by atoms with Crippen LogP contribution in [0.25, 0.3) is 0 Å². The molecule has 0 fully saturated rings. The van der Waals surface area contributed by atoms with Crippen molar-refractivity contribution < 1.29 is 4.84 Å². The molecule has 1 aromatic carbocycles. The van der Waals surface area contributed by atoms with E-state index in [9.17, 15) is 0 Å². The first kappa shape index (κ1) is 10.0. The molecule has 1 heterocycles. The van der Waals surface area contributed by atoms with Crippen LogP contribution in [0, 0.1) is 0 Å². The summed E-state index contributed by atoms with van der Waals surface area (Å²) in [5.74, 6) is 0. The molecule has 0 N–H and O–H groups in total. The lowest BCUT2D eigenvalue weighted by Gasteiger charge is -2.01. The van der Waals surface area contributed by atoms with Crippen molar-refractivity contribution in [1.29, 1.82) is 0 Å². The fourth-order valence-corrected chi connectivity index (χ4v) is 1.54. The molecular weight excluding hydrogens is 208 g/mol. The van der Waals surface area contributed by atoms with Crippen LogP contribution in [0.15, 0.2) is 40.5 Å². The van der Waals surface area contributed by atoms with E-state index in [0.29, 0.717) is 6.54 Å². The predicted molar refractivity (Wildman–Crippen MR) is 62.4 cm³/mol. The molecule has 0 bridgehead atoms. The molecular formula is C11H10N2OS. The van der Waals surface area contributed by atoms with Crippen molar-refractivity contribution in [2.45, 2.75) is 12.5 Å². The molecule has 0 saturated heterocycles. The Kier molecular flexibility index (Phi) is 3.22. The molecule has 3 nitrogen and oxygen atoms in total. The lowest BCUT2D eigenvalue weighted by atomic mass is 10.1. The highest BCUT2D eigenvalue weighted by Gasteiger charge is 2.21. The Balaban J connectivity index is 2.01. The molecule has 76 valence electrons. The molecule has 0 saturated carbocycles. The molecule has 15 heavy (non-hydrogen) atoms. The molecule has 2 rings (SSSR count). The summed E-state index contributed by atoms with van der Waals surface area (Å²) < 4.78 is 0. The van der Waals surface area contributed by atoms with Gasteiger partial charge in [0, 0.05) is 6.42 Å². The summed E-state index contributed by atoms with van der Waals surface area (Å²) in [5, 5.41) is 6.36. The van der Waals surface area contributed by atoms with Gasteiger partial charge in [-0.25, -0.2) is 4.99 Å². The highest BCUT2D eigenvalue weighted by atomic mass is 32.1. The van der Waals surface area contributed by atoms with Gasteiger partial charge in [0.15, 0.2) is 6.10 Å². The minimum Gasteiger partial charge on any atom is -0.390 e. The van der Waals surface area contributed by atoms with Crippen LogP contribution in [0.5, 0.6) is 0 Å². The number of benzene rings is 1. The molecule has 0 radical (unpaired) electrons. The standard InChI is InChI=1S/C11H10N2OS/c15-8-12-7-10-6-11(13-14-10)9-4-2-1-3-5-9/h1-5,10H,6-7H2. The van der Waals surface area contributed by atoms with Crippen LogP contribution in [0.1, 0.15) is 12.0 Å². The molecule has 4 heteroatoms. The zero-order valence-corrected chi connectivity index (χ0v) is 8.91. The highest BCUT2D eigenvalue weighted by molar-refractivity contribution is 7.78. The zero-order valence-electron chi connectivity index (χ0n) is 8.09. The van der Waals surface area contributed by atoms with Gasteiger partial charge in [-0.15, -0.1) is 0 Å². The van der Waals surface area contributed by atoms with Crippen molar-refractivity contribution >= 4 is 23.1 Å². The van der Waals surface area contributed by atoms with E-state index in [1.165, 1.54) is 0 Å². The van der Waals surface area contributed by atoms with E-state index in [1.54, 1.807) is 0 Å². The van der Waals surface area contributed by atoms with E-state index < -0.39 is 0 Å². The first-order valence-corrected chi connectivity index (χ1v) is 5.12. The maximum absolute atomic E-state index is 5.23. The Labute approximate surface area is 93.5 Å². The van der Waals surface area contributed by atoms with Crippen molar-refractivity contribution in [1.82, 2.24) is 0 Å². The predicted octanol–water partition coefficient (Wildman–Crippen LogP) is 2.28. The summed E-state index contributed by atoms with van der Waals surface area (Å²) in [4.78, 5) is 9.08. The Morgan fingerprint density at radius 3 is 3.00 bits per heavy atom. The van der Waals surface area contributed by atoms with Gasteiger partial charge in [-0.05, 0) is 17.8 Å². The second kappa shape index (κ2) is 4.82. The lowest BCUT2D eigenvalue weighted by Crippen LogP contribution is -2.11. The number of isothiocyanates is 1. The fraction of sp³-hybridized carbons (Fsp3) is 0.273. The quantitative estimate of drug-likeness (QED) is 0.576. The highest BCUT2D eigenvalue weighted by Crippen LogP contribution is 2.16. The van der Waals surface area contributed by atoms with Crippen LogP contribution < -0.4 is 0 Å². The van der Waals surface area contributed by atoms with Crippen LogP contribution >= 0.6 is 12.2 Å². The van der Waals surface area contributed by atoms with Gasteiger partial charge in [-0.1, -0.05) is 35.5 Å². The van der Waals surface area contributed by atoms with Crippen molar-refractivity contribution in [3.05, 3.63) is 35.9 Å². The zero-order chi connectivity index (χ0) is 10.5. The average molecular weight is 218 g/mol. The minimum absolute atomic E-state index is 0.00987. The molecule has 0 spiro atoms. The van der Waals surface area contributed by atoms with Gasteiger partial charge >= 0.3 is 0 Å². The van der Waals surface area contributed by atoms with Gasteiger partial charge in [0.05, 0.1) is 17.4 Å². The van der Waals surface area contributed by atoms with Crippen LogP contribution in [0.4, 0.5) is 0 Å². The molecule has 0 aliphatic carbocycles. The Bertz CT molecular complexity index is 410. The fourth-order valence-electron chi connectivity index (χ4n) is 1.47. The third-order valence-corrected chi connectivity index (χ3v) is 2.33. The van der Waals surface area contributed by atoms with Crippen molar-refractivity contribution in [2.24, 2.45) is 10.1 Å². The van der Waals surface area contributed by atoms with Gasteiger partial charge in [0.1, 0.15) is 0 Å². The van der Waals surface area contributed by atoms with E-state index in [2.05, 4.69) is 27.5 Å². The maximum atomic E-state index is 5.23. The molecule has 1 aromatic rings. The molecule has 1 unspecified atom stereocenters. The molecule has 1 aliphatic rings. The van der Waals surface area contributed by atoms with E-state index in [1.807, 2.05) is 30.3 Å². The monoisotopic (exact) mass is 218 g/mol. The number of thiocarbonyl (C=S) groups is 1. The second-order valence-electron chi connectivity index (χ2n) is 3.27. The average Bonchev–Trinajstić information content (AvgIpc) is 2.76. The smallest absolute Gasteiger partial charge is 0.153 e. The normalized spacial score (nSPS) is 18.9. The van der Waals surface area contributed by atoms with Gasteiger partial charge in [0.2, 0.25) is 0 Å². The van der Waals surface area contributed by atoms with Gasteiger partial charge < -0.3 is 4.84 Å². The minimum atomic E-state index is 0.00987.